The van der Waals surface area contributed by atoms with E-state index in [1.807, 2.05) is 0 Å². The Balaban J connectivity index is 1.72. The molecule has 112 valence electrons. The van der Waals surface area contributed by atoms with Crippen molar-refractivity contribution in [2.75, 3.05) is 26.2 Å². The van der Waals surface area contributed by atoms with Crippen molar-refractivity contribution in [2.45, 2.75) is 52.0 Å². The van der Waals surface area contributed by atoms with Crippen LogP contribution < -0.4 is 5.32 Å². The summed E-state index contributed by atoms with van der Waals surface area (Å²) in [6.07, 6.45) is 6.55. The molecular formula is C18H30N2. The Bertz CT molecular complexity index is 366. The Morgan fingerprint density at radius 3 is 2.50 bits per heavy atom. The highest BCUT2D eigenvalue weighted by atomic mass is 15.1. The van der Waals surface area contributed by atoms with E-state index in [9.17, 15) is 0 Å². The maximum Gasteiger partial charge on any atom is 0.0292 e. The molecule has 1 atom stereocenters. The van der Waals surface area contributed by atoms with Gasteiger partial charge in [-0.05, 0) is 56.8 Å². The second-order valence-electron chi connectivity index (χ2n) is 6.07. The lowest BCUT2D eigenvalue weighted by molar-refractivity contribution is 0.330. The number of benzene rings is 1. The van der Waals surface area contributed by atoms with Crippen LogP contribution in [0, 0.1) is 0 Å². The highest BCUT2D eigenvalue weighted by molar-refractivity contribution is 5.24. The van der Waals surface area contributed by atoms with Crippen LogP contribution in [0.4, 0.5) is 0 Å². The van der Waals surface area contributed by atoms with Gasteiger partial charge in [-0.1, -0.05) is 37.6 Å². The largest absolute Gasteiger partial charge is 0.309 e. The van der Waals surface area contributed by atoms with Crippen LogP contribution in [-0.4, -0.2) is 31.1 Å². The van der Waals surface area contributed by atoms with Crippen molar-refractivity contribution >= 4 is 0 Å². The summed E-state index contributed by atoms with van der Waals surface area (Å²) < 4.78 is 0. The molecule has 1 aliphatic heterocycles. The molecule has 0 spiro atoms. The summed E-state index contributed by atoms with van der Waals surface area (Å²) in [5, 5.41) is 3.65. The summed E-state index contributed by atoms with van der Waals surface area (Å²) in [6, 6.07) is 9.63. The standard InChI is InChI=1S/C18H30N2/c1-3-4-7-17-8-10-18(11-9-17)16(2)19-12-15-20-13-5-6-14-20/h8-11,16,19H,3-7,12-15H2,1-2H3. The van der Waals surface area contributed by atoms with Crippen LogP contribution in [0.25, 0.3) is 0 Å². The topological polar surface area (TPSA) is 15.3 Å². The minimum Gasteiger partial charge on any atom is -0.309 e. The van der Waals surface area contributed by atoms with Crippen molar-refractivity contribution < 1.29 is 0 Å². The molecule has 1 N–H and O–H groups in total. The number of rotatable bonds is 8. The second kappa shape index (κ2) is 8.43. The quantitative estimate of drug-likeness (QED) is 0.776. The monoisotopic (exact) mass is 274 g/mol. The SMILES string of the molecule is CCCCc1ccc(C(C)NCCN2CCCC2)cc1. The maximum atomic E-state index is 3.65. The van der Waals surface area contributed by atoms with Crippen LogP contribution in [0.5, 0.6) is 0 Å². The van der Waals surface area contributed by atoms with Crippen LogP contribution >= 0.6 is 0 Å². The van der Waals surface area contributed by atoms with E-state index in [1.54, 1.807) is 0 Å². The maximum absolute atomic E-state index is 3.65. The van der Waals surface area contributed by atoms with Gasteiger partial charge in [-0.2, -0.15) is 0 Å². The van der Waals surface area contributed by atoms with Gasteiger partial charge < -0.3 is 10.2 Å². The molecule has 0 amide bonds. The van der Waals surface area contributed by atoms with E-state index >= 15 is 0 Å². The van der Waals surface area contributed by atoms with Gasteiger partial charge in [0.1, 0.15) is 0 Å². The molecule has 2 nitrogen and oxygen atoms in total. The first-order chi connectivity index (χ1) is 9.79. The summed E-state index contributed by atoms with van der Waals surface area (Å²) in [6.45, 7) is 9.40. The van der Waals surface area contributed by atoms with Crippen LogP contribution in [0.1, 0.15) is 56.7 Å². The molecule has 0 saturated carbocycles. The van der Waals surface area contributed by atoms with Gasteiger partial charge >= 0.3 is 0 Å². The molecular weight excluding hydrogens is 244 g/mol. The molecule has 1 fully saturated rings. The molecule has 0 radical (unpaired) electrons. The normalized spacial score (nSPS) is 17.5. The van der Waals surface area contributed by atoms with Gasteiger partial charge in [0, 0.05) is 19.1 Å². The van der Waals surface area contributed by atoms with Crippen molar-refractivity contribution in [3.63, 3.8) is 0 Å². The predicted molar refractivity (Wildman–Crippen MR) is 87.1 cm³/mol. The highest BCUT2D eigenvalue weighted by Gasteiger charge is 2.11. The summed E-state index contributed by atoms with van der Waals surface area (Å²) >= 11 is 0. The number of aryl methyl sites for hydroxylation is 1. The molecule has 0 aliphatic carbocycles. The van der Waals surface area contributed by atoms with Gasteiger partial charge in [0.05, 0.1) is 0 Å². The average molecular weight is 274 g/mol. The van der Waals surface area contributed by atoms with Gasteiger partial charge in [0.2, 0.25) is 0 Å². The van der Waals surface area contributed by atoms with Crippen LogP contribution in [0.3, 0.4) is 0 Å². The number of unbranched alkanes of at least 4 members (excludes halogenated alkanes) is 1. The van der Waals surface area contributed by atoms with Crippen molar-refractivity contribution in [3.8, 4) is 0 Å². The molecule has 0 bridgehead atoms. The van der Waals surface area contributed by atoms with E-state index in [4.69, 9.17) is 0 Å². The molecule has 2 rings (SSSR count). The Morgan fingerprint density at radius 2 is 1.85 bits per heavy atom. The van der Waals surface area contributed by atoms with Gasteiger partial charge in [-0.25, -0.2) is 0 Å². The van der Waals surface area contributed by atoms with E-state index in [2.05, 4.69) is 48.3 Å². The van der Waals surface area contributed by atoms with Crippen molar-refractivity contribution in [3.05, 3.63) is 35.4 Å². The van der Waals surface area contributed by atoms with Crippen LogP contribution in [0.2, 0.25) is 0 Å². The fourth-order valence-corrected chi connectivity index (χ4v) is 2.92. The third kappa shape index (κ3) is 4.92. The Kier molecular flexibility index (Phi) is 6.55. The molecule has 1 aliphatic rings. The zero-order valence-corrected chi connectivity index (χ0v) is 13.2. The number of hydrogen-bond donors (Lipinski definition) is 1. The fourth-order valence-electron chi connectivity index (χ4n) is 2.92. The summed E-state index contributed by atoms with van der Waals surface area (Å²) in [4.78, 5) is 2.56. The Morgan fingerprint density at radius 1 is 1.15 bits per heavy atom. The minimum atomic E-state index is 0.456. The molecule has 1 aromatic rings. The van der Waals surface area contributed by atoms with Crippen molar-refractivity contribution in [1.29, 1.82) is 0 Å². The number of likely N-dealkylation sites (tertiary alicyclic amines) is 1. The third-order valence-corrected chi connectivity index (χ3v) is 4.38. The number of nitrogens with zero attached hydrogens (tertiary/aromatic N) is 1. The lowest BCUT2D eigenvalue weighted by Gasteiger charge is -2.18. The Hall–Kier alpha value is -0.860. The first kappa shape index (κ1) is 15.5. The van der Waals surface area contributed by atoms with E-state index in [0.29, 0.717) is 6.04 Å². The fraction of sp³-hybridized carbons (Fsp3) is 0.667. The zero-order valence-electron chi connectivity index (χ0n) is 13.2. The average Bonchev–Trinajstić information content (AvgIpc) is 2.99. The van der Waals surface area contributed by atoms with Gasteiger partial charge in [-0.15, -0.1) is 0 Å². The molecule has 20 heavy (non-hydrogen) atoms. The number of nitrogens with one attached hydrogen (secondary N) is 1. The third-order valence-electron chi connectivity index (χ3n) is 4.38. The zero-order chi connectivity index (χ0) is 14.2. The summed E-state index contributed by atoms with van der Waals surface area (Å²) in [5.41, 5.74) is 2.88. The molecule has 2 heteroatoms. The number of hydrogen-bond acceptors (Lipinski definition) is 2. The molecule has 1 heterocycles. The molecule has 0 aromatic heterocycles. The van der Waals surface area contributed by atoms with Crippen LogP contribution in [0.15, 0.2) is 24.3 Å². The summed E-state index contributed by atoms with van der Waals surface area (Å²) in [7, 11) is 0. The molecule has 1 aromatic carbocycles. The summed E-state index contributed by atoms with van der Waals surface area (Å²) in [5.74, 6) is 0. The first-order valence-electron chi connectivity index (χ1n) is 8.34. The smallest absolute Gasteiger partial charge is 0.0292 e. The van der Waals surface area contributed by atoms with Gasteiger partial charge in [-0.3, -0.25) is 0 Å². The lowest BCUT2D eigenvalue weighted by atomic mass is 10.0. The minimum absolute atomic E-state index is 0.456. The van der Waals surface area contributed by atoms with E-state index in [-0.39, 0.29) is 0 Å². The van der Waals surface area contributed by atoms with E-state index in [1.165, 1.54) is 62.9 Å². The lowest BCUT2D eigenvalue weighted by Crippen LogP contribution is -2.31. The second-order valence-corrected chi connectivity index (χ2v) is 6.07. The Labute approximate surface area is 124 Å². The van der Waals surface area contributed by atoms with Gasteiger partial charge in [0.15, 0.2) is 0 Å². The van der Waals surface area contributed by atoms with Crippen molar-refractivity contribution in [2.24, 2.45) is 0 Å². The van der Waals surface area contributed by atoms with E-state index < -0.39 is 0 Å². The predicted octanol–water partition coefficient (Wildman–Crippen LogP) is 3.78. The highest BCUT2D eigenvalue weighted by Crippen LogP contribution is 2.15. The molecule has 1 unspecified atom stereocenters. The van der Waals surface area contributed by atoms with Crippen LogP contribution in [-0.2, 0) is 6.42 Å². The van der Waals surface area contributed by atoms with Gasteiger partial charge in [0.25, 0.3) is 0 Å². The first-order valence-corrected chi connectivity index (χ1v) is 8.34. The van der Waals surface area contributed by atoms with E-state index in [0.717, 1.165) is 6.54 Å². The molecule has 1 saturated heterocycles. The van der Waals surface area contributed by atoms with Crippen molar-refractivity contribution in [1.82, 2.24) is 10.2 Å².